The van der Waals surface area contributed by atoms with Crippen LogP contribution in [0.15, 0.2) is 24.3 Å². The van der Waals surface area contributed by atoms with Gasteiger partial charge in [0.15, 0.2) is 0 Å². The minimum absolute atomic E-state index is 0.0410. The molecule has 0 aliphatic heterocycles. The van der Waals surface area contributed by atoms with Crippen molar-refractivity contribution >= 4 is 29.1 Å². The zero-order chi connectivity index (χ0) is 19.2. The van der Waals surface area contributed by atoms with Crippen molar-refractivity contribution in [2.45, 2.75) is 50.6 Å². The third kappa shape index (κ3) is 5.20. The van der Waals surface area contributed by atoms with Crippen LogP contribution in [0.25, 0.3) is 0 Å². The number of hydrogen-bond acceptors (Lipinski definition) is 4. The number of benzene rings is 1. The molecule has 0 heterocycles. The van der Waals surface area contributed by atoms with E-state index in [2.05, 4.69) is 16.7 Å². The zero-order valence-electron chi connectivity index (χ0n) is 15.2. The Labute approximate surface area is 159 Å². The highest BCUT2D eigenvalue weighted by Crippen LogP contribution is 2.27. The fraction of sp³-hybridized carbons (Fsp3) is 0.526. The van der Waals surface area contributed by atoms with Gasteiger partial charge in [0.05, 0.1) is 29.4 Å². The summed E-state index contributed by atoms with van der Waals surface area (Å²) < 4.78 is 0. The van der Waals surface area contributed by atoms with Crippen LogP contribution in [-0.4, -0.2) is 41.9 Å². The maximum Gasteiger partial charge on any atom is 0.238 e. The van der Waals surface area contributed by atoms with Crippen LogP contribution in [0.3, 0.4) is 0 Å². The van der Waals surface area contributed by atoms with Gasteiger partial charge in [-0.3, -0.25) is 14.5 Å². The highest BCUT2D eigenvalue weighted by Gasteiger charge is 2.35. The number of nitrogens with one attached hydrogen (secondary N) is 2. The summed E-state index contributed by atoms with van der Waals surface area (Å²) in [7, 11) is 1.70. The Bertz CT molecular complexity index is 695. The quantitative estimate of drug-likeness (QED) is 0.799. The molecule has 2 amide bonds. The Kier molecular flexibility index (Phi) is 7.01. The lowest BCUT2D eigenvalue weighted by molar-refractivity contribution is -0.128. The average Bonchev–Trinajstić information content (AvgIpc) is 2.63. The molecule has 7 heteroatoms. The van der Waals surface area contributed by atoms with E-state index in [1.165, 1.54) is 0 Å². The molecule has 0 spiro atoms. The number of anilines is 1. The van der Waals surface area contributed by atoms with Crippen molar-refractivity contribution in [2.75, 3.05) is 18.9 Å². The molecule has 1 aliphatic rings. The molecule has 1 aromatic carbocycles. The van der Waals surface area contributed by atoms with Gasteiger partial charge in [-0.25, -0.2) is 0 Å². The first-order valence-corrected chi connectivity index (χ1v) is 9.22. The van der Waals surface area contributed by atoms with Gasteiger partial charge in [0.25, 0.3) is 0 Å². The Morgan fingerprint density at radius 3 is 2.58 bits per heavy atom. The second-order valence-corrected chi connectivity index (χ2v) is 7.27. The van der Waals surface area contributed by atoms with E-state index in [-0.39, 0.29) is 18.4 Å². The van der Waals surface area contributed by atoms with Crippen LogP contribution in [-0.2, 0) is 9.59 Å². The van der Waals surface area contributed by atoms with Crippen LogP contribution >= 0.6 is 11.6 Å². The molecule has 0 aromatic heterocycles. The van der Waals surface area contributed by atoms with Crippen molar-refractivity contribution in [2.24, 2.45) is 0 Å². The van der Waals surface area contributed by atoms with Gasteiger partial charge in [0.2, 0.25) is 11.8 Å². The molecule has 1 atom stereocenters. The highest BCUT2D eigenvalue weighted by molar-refractivity contribution is 6.33. The standard InChI is InChI=1S/C19H25ClN4O2/c1-14(18(26)23-19(13-21)10-6-3-7-11-19)24(2)12-17(25)22-16-9-5-4-8-15(16)20/h4-5,8-9,14H,3,6-7,10-12H2,1-2H3,(H,22,25)(H,23,26)/t14-/m0/s1. The molecule has 0 bridgehead atoms. The lowest BCUT2D eigenvalue weighted by Crippen LogP contribution is -2.55. The number of amides is 2. The Hall–Kier alpha value is -2.10. The fourth-order valence-electron chi connectivity index (χ4n) is 3.08. The molecule has 1 aromatic rings. The second kappa shape index (κ2) is 9.02. The zero-order valence-corrected chi connectivity index (χ0v) is 16.0. The van der Waals surface area contributed by atoms with Crippen LogP contribution in [0.2, 0.25) is 5.02 Å². The van der Waals surface area contributed by atoms with Crippen LogP contribution in [0.1, 0.15) is 39.0 Å². The normalized spacial score (nSPS) is 17.2. The van der Waals surface area contributed by atoms with Crippen molar-refractivity contribution in [3.05, 3.63) is 29.3 Å². The topological polar surface area (TPSA) is 85.2 Å². The number of carbonyl (C=O) groups is 2. The van der Waals surface area contributed by atoms with E-state index in [1.807, 2.05) is 0 Å². The molecule has 1 saturated carbocycles. The van der Waals surface area contributed by atoms with Crippen LogP contribution in [0, 0.1) is 11.3 Å². The van der Waals surface area contributed by atoms with Crippen molar-refractivity contribution in [1.82, 2.24) is 10.2 Å². The van der Waals surface area contributed by atoms with E-state index in [4.69, 9.17) is 11.6 Å². The van der Waals surface area contributed by atoms with Gasteiger partial charge in [-0.2, -0.15) is 5.26 Å². The van der Waals surface area contributed by atoms with Crippen LogP contribution in [0.4, 0.5) is 5.69 Å². The molecule has 2 rings (SSSR count). The number of nitrogens with zero attached hydrogens (tertiary/aromatic N) is 2. The molecule has 1 fully saturated rings. The molecule has 26 heavy (non-hydrogen) atoms. The molecule has 0 saturated heterocycles. The van der Waals surface area contributed by atoms with Gasteiger partial charge in [0.1, 0.15) is 5.54 Å². The second-order valence-electron chi connectivity index (χ2n) is 6.86. The summed E-state index contributed by atoms with van der Waals surface area (Å²) in [5, 5.41) is 15.6. The molecular formula is C19H25ClN4O2. The molecule has 2 N–H and O–H groups in total. The molecule has 140 valence electrons. The fourth-order valence-corrected chi connectivity index (χ4v) is 3.26. The Balaban J connectivity index is 1.90. The van der Waals surface area contributed by atoms with E-state index in [1.54, 1.807) is 43.1 Å². The van der Waals surface area contributed by atoms with Crippen molar-refractivity contribution in [1.29, 1.82) is 5.26 Å². The van der Waals surface area contributed by atoms with Crippen molar-refractivity contribution in [3.8, 4) is 6.07 Å². The molecule has 6 nitrogen and oxygen atoms in total. The van der Waals surface area contributed by atoms with E-state index in [0.717, 1.165) is 19.3 Å². The smallest absolute Gasteiger partial charge is 0.238 e. The number of halogens is 1. The van der Waals surface area contributed by atoms with Gasteiger partial charge < -0.3 is 10.6 Å². The summed E-state index contributed by atoms with van der Waals surface area (Å²) in [6.45, 7) is 1.77. The summed E-state index contributed by atoms with van der Waals surface area (Å²) in [6, 6.07) is 8.73. The first kappa shape index (κ1) is 20.2. The van der Waals surface area contributed by atoms with Gasteiger partial charge in [-0.1, -0.05) is 43.0 Å². The van der Waals surface area contributed by atoms with Crippen molar-refractivity contribution < 1.29 is 9.59 Å². The van der Waals surface area contributed by atoms with Crippen LogP contribution < -0.4 is 10.6 Å². The van der Waals surface area contributed by atoms with Crippen molar-refractivity contribution in [3.63, 3.8) is 0 Å². The molecule has 0 radical (unpaired) electrons. The number of carbonyl (C=O) groups excluding carboxylic acids is 2. The third-order valence-electron chi connectivity index (χ3n) is 4.87. The average molecular weight is 377 g/mol. The lowest BCUT2D eigenvalue weighted by Gasteiger charge is -2.34. The first-order valence-electron chi connectivity index (χ1n) is 8.85. The SMILES string of the molecule is C[C@@H](C(=O)NC1(C#N)CCCCC1)N(C)CC(=O)Nc1ccccc1Cl. The number of hydrogen-bond donors (Lipinski definition) is 2. The van der Waals surface area contributed by atoms with Gasteiger partial charge in [-0.05, 0) is 38.9 Å². The predicted octanol–water partition coefficient (Wildman–Crippen LogP) is 2.94. The van der Waals surface area contributed by atoms with E-state index < -0.39 is 11.6 Å². The summed E-state index contributed by atoms with van der Waals surface area (Å²) in [5.74, 6) is -0.491. The Morgan fingerprint density at radius 2 is 1.96 bits per heavy atom. The minimum atomic E-state index is -0.774. The summed E-state index contributed by atoms with van der Waals surface area (Å²) in [6.07, 6.45) is 4.34. The lowest BCUT2D eigenvalue weighted by atomic mass is 9.82. The molecule has 0 unspecified atom stereocenters. The van der Waals surface area contributed by atoms with Gasteiger partial charge >= 0.3 is 0 Å². The maximum absolute atomic E-state index is 12.6. The largest absolute Gasteiger partial charge is 0.336 e. The minimum Gasteiger partial charge on any atom is -0.336 e. The monoisotopic (exact) mass is 376 g/mol. The molecular weight excluding hydrogens is 352 g/mol. The highest BCUT2D eigenvalue weighted by atomic mass is 35.5. The predicted molar refractivity (Wildman–Crippen MR) is 102 cm³/mol. The van der Waals surface area contributed by atoms with E-state index >= 15 is 0 Å². The third-order valence-corrected chi connectivity index (χ3v) is 5.19. The number of likely N-dealkylation sites (N-methyl/N-ethyl adjacent to an activating group) is 1. The van der Waals surface area contributed by atoms with Gasteiger partial charge in [-0.15, -0.1) is 0 Å². The summed E-state index contributed by atoms with van der Waals surface area (Å²) in [5.41, 5.74) is -0.236. The Morgan fingerprint density at radius 1 is 1.31 bits per heavy atom. The summed E-state index contributed by atoms with van der Waals surface area (Å²) >= 11 is 6.03. The molecule has 1 aliphatic carbocycles. The van der Waals surface area contributed by atoms with Gasteiger partial charge in [0, 0.05) is 0 Å². The number of para-hydroxylation sites is 1. The number of nitriles is 1. The number of rotatable bonds is 6. The first-order chi connectivity index (χ1) is 12.4. The van der Waals surface area contributed by atoms with Crippen LogP contribution in [0.5, 0.6) is 0 Å². The van der Waals surface area contributed by atoms with E-state index in [0.29, 0.717) is 23.6 Å². The summed E-state index contributed by atoms with van der Waals surface area (Å²) in [4.78, 5) is 26.4. The van der Waals surface area contributed by atoms with E-state index in [9.17, 15) is 14.9 Å². The maximum atomic E-state index is 12.6.